The number of aromatic nitrogens is 2. The molecule has 1 aliphatic carbocycles. The Bertz CT molecular complexity index is 597. The molecular formula is C13H15Br2N3OS. The molecule has 0 atom stereocenters. The SMILES string of the molecule is CC1CCC(N)(c2noc(-c3cc(Br)c(Br)s3)n2)CC1. The molecule has 0 amide bonds. The number of thiophene rings is 1. The summed E-state index contributed by atoms with van der Waals surface area (Å²) >= 11 is 8.49. The molecule has 0 aromatic carbocycles. The van der Waals surface area contributed by atoms with E-state index in [2.05, 4.69) is 48.9 Å². The number of hydrogen-bond donors (Lipinski definition) is 1. The Hall–Kier alpha value is -0.240. The summed E-state index contributed by atoms with van der Waals surface area (Å²) in [7, 11) is 0. The van der Waals surface area contributed by atoms with Crippen LogP contribution in [0.1, 0.15) is 38.4 Å². The van der Waals surface area contributed by atoms with Crippen molar-refractivity contribution < 1.29 is 4.52 Å². The Balaban J connectivity index is 1.86. The van der Waals surface area contributed by atoms with Crippen molar-refractivity contribution in [3.05, 3.63) is 20.1 Å². The van der Waals surface area contributed by atoms with Crippen molar-refractivity contribution in [3.8, 4) is 10.8 Å². The van der Waals surface area contributed by atoms with Crippen molar-refractivity contribution in [3.63, 3.8) is 0 Å². The first-order valence-corrected chi connectivity index (χ1v) is 8.96. The van der Waals surface area contributed by atoms with E-state index in [1.54, 1.807) is 11.3 Å². The third kappa shape index (κ3) is 2.73. The minimum Gasteiger partial charge on any atom is -0.333 e. The van der Waals surface area contributed by atoms with E-state index in [1.165, 1.54) is 0 Å². The van der Waals surface area contributed by atoms with Crippen LogP contribution in [0.2, 0.25) is 0 Å². The summed E-state index contributed by atoms with van der Waals surface area (Å²) in [5.74, 6) is 1.92. The molecule has 7 heteroatoms. The summed E-state index contributed by atoms with van der Waals surface area (Å²) in [6, 6.07) is 1.97. The van der Waals surface area contributed by atoms with Gasteiger partial charge in [-0.1, -0.05) is 12.1 Å². The van der Waals surface area contributed by atoms with Gasteiger partial charge in [-0.3, -0.25) is 0 Å². The van der Waals surface area contributed by atoms with Gasteiger partial charge < -0.3 is 10.3 Å². The number of halogens is 2. The number of hydrogen-bond acceptors (Lipinski definition) is 5. The van der Waals surface area contributed by atoms with Gasteiger partial charge in [0.1, 0.15) is 0 Å². The zero-order valence-corrected chi connectivity index (χ0v) is 15.0. The Kier molecular flexibility index (Phi) is 4.05. The molecule has 1 saturated carbocycles. The molecule has 0 spiro atoms. The molecule has 0 unspecified atom stereocenters. The van der Waals surface area contributed by atoms with Crippen molar-refractivity contribution >= 4 is 43.2 Å². The second-order valence-electron chi connectivity index (χ2n) is 5.49. The summed E-state index contributed by atoms with van der Waals surface area (Å²) in [6.07, 6.45) is 4.09. The molecule has 1 aliphatic rings. The highest BCUT2D eigenvalue weighted by Gasteiger charge is 2.36. The second kappa shape index (κ2) is 5.51. The van der Waals surface area contributed by atoms with Crippen molar-refractivity contribution in [2.45, 2.75) is 38.1 Å². The monoisotopic (exact) mass is 419 g/mol. The molecule has 2 aromatic heterocycles. The molecule has 0 radical (unpaired) electrons. The predicted molar refractivity (Wildman–Crippen MR) is 86.5 cm³/mol. The van der Waals surface area contributed by atoms with Crippen molar-refractivity contribution in [1.82, 2.24) is 10.1 Å². The predicted octanol–water partition coefficient (Wildman–Crippen LogP) is 4.69. The van der Waals surface area contributed by atoms with Crippen molar-refractivity contribution in [2.24, 2.45) is 11.7 Å². The quantitative estimate of drug-likeness (QED) is 0.765. The fourth-order valence-corrected chi connectivity index (χ4v) is 4.44. The molecule has 3 rings (SSSR count). The molecule has 2 N–H and O–H groups in total. The molecule has 0 bridgehead atoms. The second-order valence-corrected chi connectivity index (χ2v) is 8.72. The van der Waals surface area contributed by atoms with Gasteiger partial charge in [-0.25, -0.2) is 0 Å². The summed E-state index contributed by atoms with van der Waals surface area (Å²) in [5, 5.41) is 4.12. The topological polar surface area (TPSA) is 64.9 Å². The van der Waals surface area contributed by atoms with E-state index in [0.29, 0.717) is 11.7 Å². The lowest BCUT2D eigenvalue weighted by Gasteiger charge is -2.33. The van der Waals surface area contributed by atoms with E-state index in [-0.39, 0.29) is 0 Å². The first kappa shape index (κ1) is 14.7. The largest absolute Gasteiger partial charge is 0.333 e. The Morgan fingerprint density at radius 2 is 2.10 bits per heavy atom. The average Bonchev–Trinajstić information content (AvgIpc) is 3.02. The normalized spacial score (nSPS) is 26.9. The first-order chi connectivity index (χ1) is 9.48. The minimum absolute atomic E-state index is 0.431. The summed E-state index contributed by atoms with van der Waals surface area (Å²) in [5.41, 5.74) is 6.04. The summed E-state index contributed by atoms with van der Waals surface area (Å²) in [4.78, 5) is 5.46. The van der Waals surface area contributed by atoms with Gasteiger partial charge in [0.2, 0.25) is 0 Å². The van der Waals surface area contributed by atoms with E-state index in [0.717, 1.165) is 44.7 Å². The Morgan fingerprint density at radius 3 is 2.70 bits per heavy atom. The van der Waals surface area contributed by atoms with Gasteiger partial charge in [0.25, 0.3) is 5.89 Å². The van der Waals surface area contributed by atoms with Crippen LogP contribution in [-0.2, 0) is 5.54 Å². The lowest BCUT2D eigenvalue weighted by molar-refractivity contribution is 0.230. The molecular weight excluding hydrogens is 406 g/mol. The number of nitrogens with two attached hydrogens (primary N) is 1. The maximum atomic E-state index is 6.47. The van der Waals surface area contributed by atoms with Gasteiger partial charge in [0.05, 0.1) is 14.2 Å². The number of rotatable bonds is 2. The van der Waals surface area contributed by atoms with Crippen LogP contribution in [0.4, 0.5) is 0 Å². The lowest BCUT2D eigenvalue weighted by Crippen LogP contribution is -2.41. The van der Waals surface area contributed by atoms with Crippen LogP contribution in [0.15, 0.2) is 18.8 Å². The molecule has 0 aliphatic heterocycles. The van der Waals surface area contributed by atoms with Crippen LogP contribution in [-0.4, -0.2) is 10.1 Å². The van der Waals surface area contributed by atoms with Gasteiger partial charge in [-0.2, -0.15) is 4.98 Å². The molecule has 20 heavy (non-hydrogen) atoms. The minimum atomic E-state index is -0.431. The van der Waals surface area contributed by atoms with Gasteiger partial charge in [-0.15, -0.1) is 11.3 Å². The average molecular weight is 421 g/mol. The maximum absolute atomic E-state index is 6.47. The van der Waals surface area contributed by atoms with Crippen LogP contribution >= 0.6 is 43.2 Å². The molecule has 1 fully saturated rings. The van der Waals surface area contributed by atoms with Crippen LogP contribution in [0, 0.1) is 5.92 Å². The maximum Gasteiger partial charge on any atom is 0.268 e. The molecule has 4 nitrogen and oxygen atoms in total. The van der Waals surface area contributed by atoms with Gasteiger partial charge >= 0.3 is 0 Å². The van der Waals surface area contributed by atoms with E-state index in [4.69, 9.17) is 10.3 Å². The molecule has 108 valence electrons. The fourth-order valence-electron chi connectivity index (χ4n) is 2.48. The highest BCUT2D eigenvalue weighted by Crippen LogP contribution is 2.40. The van der Waals surface area contributed by atoms with E-state index in [9.17, 15) is 0 Å². The van der Waals surface area contributed by atoms with E-state index < -0.39 is 5.54 Å². The third-order valence-corrected chi connectivity index (χ3v) is 7.14. The van der Waals surface area contributed by atoms with Gasteiger partial charge in [0, 0.05) is 4.47 Å². The van der Waals surface area contributed by atoms with Crippen molar-refractivity contribution in [1.29, 1.82) is 0 Å². The lowest BCUT2D eigenvalue weighted by atomic mass is 9.77. The smallest absolute Gasteiger partial charge is 0.268 e. The zero-order chi connectivity index (χ0) is 14.3. The standard InChI is InChI=1S/C13H15Br2N3OS/c1-7-2-4-13(16,5-3-7)12-17-11(19-18-12)9-6-8(14)10(15)20-9/h6-7H,2-5,16H2,1H3. The summed E-state index contributed by atoms with van der Waals surface area (Å²) < 4.78 is 7.40. The molecule has 2 heterocycles. The van der Waals surface area contributed by atoms with Crippen molar-refractivity contribution in [2.75, 3.05) is 0 Å². The Morgan fingerprint density at radius 1 is 1.40 bits per heavy atom. The van der Waals surface area contributed by atoms with E-state index >= 15 is 0 Å². The zero-order valence-electron chi connectivity index (χ0n) is 11.0. The third-order valence-electron chi connectivity index (χ3n) is 3.89. The highest BCUT2D eigenvalue weighted by atomic mass is 79.9. The van der Waals surface area contributed by atoms with Crippen LogP contribution in [0.5, 0.6) is 0 Å². The van der Waals surface area contributed by atoms with Gasteiger partial charge in [0.15, 0.2) is 5.82 Å². The van der Waals surface area contributed by atoms with Crippen LogP contribution in [0.3, 0.4) is 0 Å². The molecule has 0 saturated heterocycles. The van der Waals surface area contributed by atoms with E-state index in [1.807, 2.05) is 6.07 Å². The molecule has 2 aromatic rings. The first-order valence-electron chi connectivity index (χ1n) is 6.56. The Labute approximate surface area is 138 Å². The fraction of sp³-hybridized carbons (Fsp3) is 0.538. The number of nitrogens with zero attached hydrogens (tertiary/aromatic N) is 2. The highest BCUT2D eigenvalue weighted by molar-refractivity contribution is 9.13. The van der Waals surface area contributed by atoms with Crippen LogP contribution in [0.25, 0.3) is 10.8 Å². The van der Waals surface area contributed by atoms with Crippen LogP contribution < -0.4 is 5.73 Å². The van der Waals surface area contributed by atoms with Gasteiger partial charge in [-0.05, 0) is 69.5 Å². The summed E-state index contributed by atoms with van der Waals surface area (Å²) in [6.45, 7) is 2.27.